The molecular weight excluding hydrogens is 366 g/mol. The molecule has 2 aromatic carbocycles. The number of aromatic nitrogens is 1. The maximum Gasteiger partial charge on any atom is 0.283 e. The number of H-pyrrole nitrogens is 1. The second-order valence-corrected chi connectivity index (χ2v) is 7.35. The van der Waals surface area contributed by atoms with Gasteiger partial charge in [0, 0.05) is 32.7 Å². The Hall–Kier alpha value is -2.63. The molecule has 0 aliphatic rings. The molecule has 0 radical (unpaired) electrons. The van der Waals surface area contributed by atoms with Crippen LogP contribution in [0, 0.1) is 0 Å². The monoisotopic (exact) mass is 381 g/mol. The van der Waals surface area contributed by atoms with Gasteiger partial charge in [0.1, 0.15) is 4.88 Å². The van der Waals surface area contributed by atoms with Gasteiger partial charge in [-0.15, -0.1) is 11.3 Å². The van der Waals surface area contributed by atoms with Crippen molar-refractivity contribution in [3.05, 3.63) is 69.7 Å². The first-order valence-electron chi connectivity index (χ1n) is 8.28. The topological polar surface area (TPSA) is 57.2 Å². The number of hydrogen-bond donors (Lipinski definition) is 2. The zero-order valence-corrected chi connectivity index (χ0v) is 15.6. The molecular formula is C20H16ClN3OS. The summed E-state index contributed by atoms with van der Waals surface area (Å²) in [7, 11) is 0. The molecule has 0 spiro atoms. The van der Waals surface area contributed by atoms with Crippen molar-refractivity contribution >= 4 is 56.0 Å². The van der Waals surface area contributed by atoms with Crippen LogP contribution in [0.5, 0.6) is 0 Å². The van der Waals surface area contributed by atoms with Gasteiger partial charge in [0.2, 0.25) is 0 Å². The van der Waals surface area contributed by atoms with Crippen molar-refractivity contribution < 1.29 is 4.79 Å². The molecule has 1 amide bonds. The molecule has 0 aliphatic heterocycles. The number of thiophene rings is 1. The molecule has 0 bridgehead atoms. The van der Waals surface area contributed by atoms with Crippen LogP contribution in [0.3, 0.4) is 0 Å². The number of para-hydroxylation sites is 1. The van der Waals surface area contributed by atoms with Gasteiger partial charge >= 0.3 is 0 Å². The maximum atomic E-state index is 12.5. The number of amides is 1. The van der Waals surface area contributed by atoms with Crippen LogP contribution >= 0.6 is 22.9 Å². The van der Waals surface area contributed by atoms with Gasteiger partial charge in [0.15, 0.2) is 0 Å². The molecule has 4 rings (SSSR count). The average molecular weight is 382 g/mol. The van der Waals surface area contributed by atoms with Crippen LogP contribution in [0.1, 0.15) is 27.7 Å². The van der Waals surface area contributed by atoms with Gasteiger partial charge < -0.3 is 4.98 Å². The Morgan fingerprint density at radius 2 is 2.12 bits per heavy atom. The van der Waals surface area contributed by atoms with E-state index in [2.05, 4.69) is 28.5 Å². The van der Waals surface area contributed by atoms with Crippen LogP contribution < -0.4 is 5.43 Å². The summed E-state index contributed by atoms with van der Waals surface area (Å²) in [6, 6.07) is 14.0. The smallest absolute Gasteiger partial charge is 0.283 e. The summed E-state index contributed by atoms with van der Waals surface area (Å²) in [5.74, 6) is -0.301. The second kappa shape index (κ2) is 6.94. The minimum absolute atomic E-state index is 0.301. The molecule has 2 heterocycles. The molecule has 6 heteroatoms. The third kappa shape index (κ3) is 3.00. The molecule has 0 fully saturated rings. The van der Waals surface area contributed by atoms with Gasteiger partial charge in [-0.3, -0.25) is 4.79 Å². The van der Waals surface area contributed by atoms with E-state index >= 15 is 0 Å². The lowest BCUT2D eigenvalue weighted by atomic mass is 10.1. The second-order valence-electron chi connectivity index (χ2n) is 5.92. The first-order valence-corrected chi connectivity index (χ1v) is 9.47. The maximum absolute atomic E-state index is 12.5. The van der Waals surface area contributed by atoms with E-state index < -0.39 is 0 Å². The van der Waals surface area contributed by atoms with Crippen molar-refractivity contribution in [2.45, 2.75) is 13.3 Å². The van der Waals surface area contributed by atoms with Crippen molar-refractivity contribution in [3.8, 4) is 0 Å². The molecule has 0 saturated carbocycles. The van der Waals surface area contributed by atoms with Gasteiger partial charge in [-0.2, -0.15) is 5.10 Å². The summed E-state index contributed by atoms with van der Waals surface area (Å²) in [5, 5.41) is 6.52. The number of carbonyl (C=O) groups is 1. The summed E-state index contributed by atoms with van der Waals surface area (Å²) >= 11 is 7.78. The van der Waals surface area contributed by atoms with E-state index in [1.165, 1.54) is 16.9 Å². The van der Waals surface area contributed by atoms with Crippen LogP contribution in [0.2, 0.25) is 5.02 Å². The Labute approximate surface area is 159 Å². The van der Waals surface area contributed by atoms with Crippen molar-refractivity contribution in [2.75, 3.05) is 0 Å². The van der Waals surface area contributed by atoms with E-state index in [0.29, 0.717) is 9.90 Å². The van der Waals surface area contributed by atoms with Crippen molar-refractivity contribution in [1.82, 2.24) is 10.4 Å². The lowest BCUT2D eigenvalue weighted by Crippen LogP contribution is -2.16. The van der Waals surface area contributed by atoms with Crippen LogP contribution in [-0.4, -0.2) is 17.1 Å². The van der Waals surface area contributed by atoms with Gasteiger partial charge in [-0.1, -0.05) is 48.9 Å². The molecule has 4 aromatic rings. The van der Waals surface area contributed by atoms with Crippen molar-refractivity contribution in [1.29, 1.82) is 0 Å². The number of nitrogens with zero attached hydrogens (tertiary/aromatic N) is 1. The highest BCUT2D eigenvalue weighted by Gasteiger charge is 2.17. The summed E-state index contributed by atoms with van der Waals surface area (Å²) in [5.41, 5.74) is 5.74. The van der Waals surface area contributed by atoms with E-state index in [1.54, 1.807) is 6.21 Å². The standard InChI is InChI=1S/C20H16ClN3OS/c1-2-12-7-8-15-17(9-12)26-19(18(15)21)20(25)24-23-11-13-10-22-16-6-4-3-5-14(13)16/h3-11,22H,2H2,1H3,(H,24,25)/b23-11-. The molecule has 130 valence electrons. The number of nitrogens with one attached hydrogen (secondary N) is 2. The molecule has 0 unspecified atom stereocenters. The zero-order chi connectivity index (χ0) is 18.1. The zero-order valence-electron chi connectivity index (χ0n) is 14.0. The highest BCUT2D eigenvalue weighted by molar-refractivity contribution is 7.21. The Balaban J connectivity index is 1.56. The molecule has 2 aromatic heterocycles. The van der Waals surface area contributed by atoms with E-state index in [0.717, 1.165) is 33.0 Å². The number of hydrogen-bond acceptors (Lipinski definition) is 3. The largest absolute Gasteiger partial charge is 0.361 e. The number of halogens is 1. The summed E-state index contributed by atoms with van der Waals surface area (Å²) in [4.78, 5) is 16.1. The van der Waals surface area contributed by atoms with Gasteiger partial charge in [-0.05, 0) is 24.1 Å². The third-order valence-electron chi connectivity index (χ3n) is 4.30. The van der Waals surface area contributed by atoms with E-state index in [4.69, 9.17) is 11.6 Å². The number of aromatic amines is 1. The third-order valence-corrected chi connectivity index (χ3v) is 5.96. The molecule has 4 nitrogen and oxygen atoms in total. The number of carbonyl (C=O) groups excluding carboxylic acids is 1. The van der Waals surface area contributed by atoms with Gasteiger partial charge in [-0.25, -0.2) is 5.43 Å². The van der Waals surface area contributed by atoms with E-state index in [1.807, 2.05) is 42.6 Å². The minimum atomic E-state index is -0.301. The van der Waals surface area contributed by atoms with Crippen molar-refractivity contribution in [2.24, 2.45) is 5.10 Å². The number of aryl methyl sites for hydroxylation is 1. The SMILES string of the molecule is CCc1ccc2c(Cl)c(C(=O)N/N=C\c3c[nH]c4ccccc34)sc2c1. The van der Waals surface area contributed by atoms with Crippen LogP contribution in [0.4, 0.5) is 0 Å². The highest BCUT2D eigenvalue weighted by atomic mass is 35.5. The van der Waals surface area contributed by atoms with Gasteiger partial charge in [0.25, 0.3) is 5.91 Å². The summed E-state index contributed by atoms with van der Waals surface area (Å²) < 4.78 is 1.01. The fraction of sp³-hybridized carbons (Fsp3) is 0.100. The Bertz CT molecular complexity index is 1140. The highest BCUT2D eigenvalue weighted by Crippen LogP contribution is 2.35. The lowest BCUT2D eigenvalue weighted by Gasteiger charge is -1.97. The fourth-order valence-electron chi connectivity index (χ4n) is 2.89. The number of fused-ring (bicyclic) bond motifs is 2. The van der Waals surface area contributed by atoms with Crippen LogP contribution in [0.25, 0.3) is 21.0 Å². The Morgan fingerprint density at radius 1 is 1.27 bits per heavy atom. The van der Waals surface area contributed by atoms with Crippen LogP contribution in [-0.2, 0) is 6.42 Å². The predicted molar refractivity (Wildman–Crippen MR) is 110 cm³/mol. The number of hydrazone groups is 1. The molecule has 0 atom stereocenters. The summed E-state index contributed by atoms with van der Waals surface area (Å²) in [6.07, 6.45) is 4.44. The lowest BCUT2D eigenvalue weighted by molar-refractivity contribution is 0.0959. The summed E-state index contributed by atoms with van der Waals surface area (Å²) in [6.45, 7) is 2.10. The number of rotatable bonds is 4. The molecule has 0 aliphatic carbocycles. The minimum Gasteiger partial charge on any atom is -0.361 e. The normalized spacial score (nSPS) is 11.6. The fourth-order valence-corrected chi connectivity index (χ4v) is 4.36. The van der Waals surface area contributed by atoms with E-state index in [-0.39, 0.29) is 5.91 Å². The van der Waals surface area contributed by atoms with Crippen molar-refractivity contribution in [3.63, 3.8) is 0 Å². The van der Waals surface area contributed by atoms with E-state index in [9.17, 15) is 4.79 Å². The quantitative estimate of drug-likeness (QED) is 0.362. The first kappa shape index (κ1) is 16.8. The molecule has 2 N–H and O–H groups in total. The molecule has 26 heavy (non-hydrogen) atoms. The molecule has 0 saturated heterocycles. The Kier molecular flexibility index (Phi) is 4.49. The van der Waals surface area contributed by atoms with Crippen LogP contribution in [0.15, 0.2) is 53.8 Å². The average Bonchev–Trinajstić information content (AvgIpc) is 3.23. The van der Waals surface area contributed by atoms with Gasteiger partial charge in [0.05, 0.1) is 11.2 Å². The Morgan fingerprint density at radius 3 is 2.96 bits per heavy atom. The predicted octanol–water partition coefficient (Wildman–Crippen LogP) is 5.36. The number of benzene rings is 2. The first-order chi connectivity index (χ1) is 12.7.